The van der Waals surface area contributed by atoms with E-state index in [1.165, 1.54) is 0 Å². The number of aliphatic hydroxyl groups is 1. The van der Waals surface area contributed by atoms with Gasteiger partial charge in [0.2, 0.25) is 5.91 Å². The highest BCUT2D eigenvalue weighted by molar-refractivity contribution is 5.76. The highest BCUT2D eigenvalue weighted by Crippen LogP contribution is 2.27. The molecule has 0 radical (unpaired) electrons. The summed E-state index contributed by atoms with van der Waals surface area (Å²) >= 11 is 0. The number of aliphatic hydroxyl groups excluding tert-OH is 1. The van der Waals surface area contributed by atoms with E-state index in [1.807, 2.05) is 0 Å². The maximum absolute atomic E-state index is 12.3. The molecule has 0 bridgehead atoms. The molecule has 0 aliphatic heterocycles. The number of amides is 1. The second kappa shape index (κ2) is 6.97. The zero-order valence-corrected chi connectivity index (χ0v) is 10.4. The average Bonchev–Trinajstić information content (AvgIpc) is 2.28. The fraction of sp³-hybridized carbons (Fsp3) is 0.917. The van der Waals surface area contributed by atoms with Gasteiger partial charge in [0.1, 0.15) is 6.54 Å². The average molecular weight is 267 g/mol. The van der Waals surface area contributed by atoms with Crippen molar-refractivity contribution < 1.29 is 23.1 Å². The Hall–Kier alpha value is -0.780. The predicted molar refractivity (Wildman–Crippen MR) is 60.9 cm³/mol. The highest BCUT2D eigenvalue weighted by Gasteiger charge is 2.33. The summed E-state index contributed by atoms with van der Waals surface area (Å²) in [6, 6.07) is 0. The van der Waals surface area contributed by atoms with Crippen LogP contribution in [0.25, 0.3) is 0 Å². The first-order valence-electron chi connectivity index (χ1n) is 6.38. The summed E-state index contributed by atoms with van der Waals surface area (Å²) in [5, 5.41) is 8.73. The molecule has 1 N–H and O–H groups in total. The Bertz CT molecular complexity index is 263. The smallest absolute Gasteiger partial charge is 0.395 e. The Morgan fingerprint density at radius 3 is 2.33 bits per heavy atom. The van der Waals surface area contributed by atoms with E-state index in [9.17, 15) is 18.0 Å². The van der Waals surface area contributed by atoms with Crippen molar-refractivity contribution in [3.63, 3.8) is 0 Å². The molecule has 106 valence electrons. The first-order chi connectivity index (χ1) is 8.42. The Morgan fingerprint density at radius 1 is 1.22 bits per heavy atom. The molecule has 0 unspecified atom stereocenters. The van der Waals surface area contributed by atoms with Crippen LogP contribution in [0.3, 0.4) is 0 Å². The van der Waals surface area contributed by atoms with Crippen molar-refractivity contribution in [1.29, 1.82) is 0 Å². The lowest BCUT2D eigenvalue weighted by molar-refractivity contribution is -0.162. The molecule has 1 aliphatic rings. The SMILES string of the molecule is O=C(CC1CCCCC1)N(CCO)CC(F)(F)F. The van der Waals surface area contributed by atoms with E-state index in [-0.39, 0.29) is 18.9 Å². The minimum atomic E-state index is -4.41. The summed E-state index contributed by atoms with van der Waals surface area (Å²) in [7, 11) is 0. The molecule has 1 amide bonds. The fourth-order valence-electron chi connectivity index (χ4n) is 2.40. The third-order valence-corrected chi connectivity index (χ3v) is 3.28. The van der Waals surface area contributed by atoms with E-state index in [4.69, 9.17) is 5.11 Å². The standard InChI is InChI=1S/C12H20F3NO2/c13-12(14,15)9-16(6-7-17)11(18)8-10-4-2-1-3-5-10/h10,17H,1-9H2. The monoisotopic (exact) mass is 267 g/mol. The van der Waals surface area contributed by atoms with Crippen LogP contribution in [-0.4, -0.2) is 41.8 Å². The summed E-state index contributed by atoms with van der Waals surface area (Å²) in [5.74, 6) is -0.283. The first-order valence-corrected chi connectivity index (χ1v) is 6.38. The van der Waals surface area contributed by atoms with E-state index < -0.39 is 25.2 Å². The minimum absolute atomic E-state index is 0.177. The molecule has 3 nitrogen and oxygen atoms in total. The van der Waals surface area contributed by atoms with Crippen molar-refractivity contribution >= 4 is 5.91 Å². The highest BCUT2D eigenvalue weighted by atomic mass is 19.4. The zero-order valence-electron chi connectivity index (χ0n) is 10.4. The number of hydrogen-bond donors (Lipinski definition) is 1. The van der Waals surface area contributed by atoms with E-state index in [0.29, 0.717) is 4.90 Å². The van der Waals surface area contributed by atoms with Crippen molar-refractivity contribution in [2.75, 3.05) is 19.7 Å². The van der Waals surface area contributed by atoms with E-state index >= 15 is 0 Å². The van der Waals surface area contributed by atoms with Crippen LogP contribution in [0.2, 0.25) is 0 Å². The lowest BCUT2D eigenvalue weighted by atomic mass is 9.86. The number of rotatable bonds is 5. The number of hydrogen-bond acceptors (Lipinski definition) is 2. The molecule has 0 aromatic rings. The summed E-state index contributed by atoms with van der Waals surface area (Å²) in [4.78, 5) is 12.5. The molecular weight excluding hydrogens is 247 g/mol. The molecular formula is C12H20F3NO2. The third kappa shape index (κ3) is 5.71. The van der Waals surface area contributed by atoms with Crippen LogP contribution < -0.4 is 0 Å². The Balaban J connectivity index is 2.47. The van der Waals surface area contributed by atoms with Crippen LogP contribution in [0, 0.1) is 5.92 Å². The molecule has 0 heterocycles. The summed E-state index contributed by atoms with van der Waals surface area (Å²) < 4.78 is 36.9. The molecule has 1 saturated carbocycles. The van der Waals surface area contributed by atoms with Crippen molar-refractivity contribution in [1.82, 2.24) is 4.90 Å². The molecule has 0 atom stereocenters. The normalized spacial score (nSPS) is 17.8. The lowest BCUT2D eigenvalue weighted by Gasteiger charge is -2.27. The van der Waals surface area contributed by atoms with Crippen LogP contribution in [0.1, 0.15) is 38.5 Å². The maximum atomic E-state index is 12.3. The van der Waals surface area contributed by atoms with Crippen LogP contribution in [-0.2, 0) is 4.79 Å². The predicted octanol–water partition coefficient (Wildman–Crippen LogP) is 2.34. The molecule has 1 aliphatic carbocycles. The Labute approximate surface area is 105 Å². The fourth-order valence-corrected chi connectivity index (χ4v) is 2.40. The number of carbonyl (C=O) groups excluding carboxylic acids is 1. The van der Waals surface area contributed by atoms with Gasteiger partial charge >= 0.3 is 6.18 Å². The summed E-state index contributed by atoms with van der Waals surface area (Å²) in [5.41, 5.74) is 0. The number of alkyl halides is 3. The number of carbonyl (C=O) groups is 1. The maximum Gasteiger partial charge on any atom is 0.406 e. The second-order valence-electron chi connectivity index (χ2n) is 4.86. The van der Waals surface area contributed by atoms with Crippen LogP contribution in [0.15, 0.2) is 0 Å². The molecule has 18 heavy (non-hydrogen) atoms. The molecule has 6 heteroatoms. The Kier molecular flexibility index (Phi) is 5.91. The minimum Gasteiger partial charge on any atom is -0.395 e. The molecule has 0 spiro atoms. The zero-order chi connectivity index (χ0) is 13.6. The summed E-state index contributed by atoms with van der Waals surface area (Å²) in [6.07, 6.45) is 0.866. The van der Waals surface area contributed by atoms with Gasteiger partial charge in [0, 0.05) is 13.0 Å². The van der Waals surface area contributed by atoms with Crippen LogP contribution in [0.5, 0.6) is 0 Å². The largest absolute Gasteiger partial charge is 0.406 e. The molecule has 0 saturated heterocycles. The molecule has 0 aromatic carbocycles. The second-order valence-corrected chi connectivity index (χ2v) is 4.86. The van der Waals surface area contributed by atoms with Gasteiger partial charge in [0.05, 0.1) is 6.61 Å². The molecule has 1 fully saturated rings. The quantitative estimate of drug-likeness (QED) is 0.830. The third-order valence-electron chi connectivity index (χ3n) is 3.28. The lowest BCUT2D eigenvalue weighted by Crippen LogP contribution is -2.41. The van der Waals surface area contributed by atoms with Crippen molar-refractivity contribution in [3.8, 4) is 0 Å². The van der Waals surface area contributed by atoms with Crippen molar-refractivity contribution in [3.05, 3.63) is 0 Å². The van der Waals surface area contributed by atoms with Crippen LogP contribution in [0.4, 0.5) is 13.2 Å². The van der Waals surface area contributed by atoms with Crippen molar-refractivity contribution in [2.24, 2.45) is 5.92 Å². The van der Waals surface area contributed by atoms with Gasteiger partial charge in [-0.05, 0) is 18.8 Å². The summed E-state index contributed by atoms with van der Waals surface area (Å²) in [6.45, 7) is -1.95. The Morgan fingerprint density at radius 2 is 1.83 bits per heavy atom. The first kappa shape index (κ1) is 15.3. The van der Waals surface area contributed by atoms with Gasteiger partial charge in [-0.15, -0.1) is 0 Å². The van der Waals surface area contributed by atoms with E-state index in [1.54, 1.807) is 0 Å². The number of nitrogens with zero attached hydrogens (tertiary/aromatic N) is 1. The van der Waals surface area contributed by atoms with E-state index in [2.05, 4.69) is 0 Å². The van der Waals surface area contributed by atoms with Gasteiger partial charge in [0.15, 0.2) is 0 Å². The van der Waals surface area contributed by atoms with Crippen molar-refractivity contribution in [2.45, 2.75) is 44.7 Å². The van der Waals surface area contributed by atoms with Gasteiger partial charge in [-0.1, -0.05) is 19.3 Å². The molecule has 0 aromatic heterocycles. The van der Waals surface area contributed by atoms with Gasteiger partial charge < -0.3 is 10.0 Å². The topological polar surface area (TPSA) is 40.5 Å². The van der Waals surface area contributed by atoms with Gasteiger partial charge in [-0.3, -0.25) is 4.79 Å². The number of halogens is 3. The van der Waals surface area contributed by atoms with Gasteiger partial charge in [-0.25, -0.2) is 0 Å². The van der Waals surface area contributed by atoms with Crippen LogP contribution >= 0.6 is 0 Å². The van der Waals surface area contributed by atoms with Gasteiger partial charge in [0.25, 0.3) is 0 Å². The van der Waals surface area contributed by atoms with Gasteiger partial charge in [-0.2, -0.15) is 13.2 Å². The van der Waals surface area contributed by atoms with E-state index in [0.717, 1.165) is 32.1 Å². The molecule has 1 rings (SSSR count).